The monoisotopic (exact) mass is 1930 g/mol. The van der Waals surface area contributed by atoms with Crippen molar-refractivity contribution in [1.82, 2.24) is 42.2 Å². The fourth-order valence-electron chi connectivity index (χ4n) is 22.6. The number of nitrogens with zero attached hydrogens (tertiary/aromatic N) is 1. The summed E-state index contributed by atoms with van der Waals surface area (Å²) in [6.45, 7) is 18.0. The van der Waals surface area contributed by atoms with Gasteiger partial charge in [0, 0.05) is 88.7 Å². The third-order valence-electron chi connectivity index (χ3n) is 31.3. The number of benzene rings is 4. The van der Waals surface area contributed by atoms with Crippen LogP contribution in [0.5, 0.6) is 0 Å². The molecule has 0 bridgehead atoms. The summed E-state index contributed by atoms with van der Waals surface area (Å²) in [6.07, 6.45) is 10.3. The molecular weight excluding hydrogens is 1800 g/mol. The topological polar surface area (TPSA) is 499 Å². The van der Waals surface area contributed by atoms with Crippen molar-refractivity contribution in [1.29, 1.82) is 0 Å². The molecule has 1 saturated heterocycles. The molecule has 0 spiro atoms. The van der Waals surface area contributed by atoms with E-state index in [-0.39, 0.29) is 77.9 Å². The second-order valence-corrected chi connectivity index (χ2v) is 42.8. The van der Waals surface area contributed by atoms with Gasteiger partial charge in [0.15, 0.2) is 11.6 Å². The number of H-pyrrole nitrogens is 1. The Labute approximate surface area is 799 Å². The molecule has 9 aliphatic rings. The number of carbonyl (C=O) groups is 10. The Bertz CT molecular complexity index is 5200. The van der Waals surface area contributed by atoms with Gasteiger partial charge in [0.1, 0.15) is 47.5 Å². The zero-order chi connectivity index (χ0) is 99.5. The lowest BCUT2D eigenvalue weighted by Crippen LogP contribution is -2.68. The molecule has 1 aromatic heterocycles. The van der Waals surface area contributed by atoms with E-state index >= 15 is 4.39 Å². The van der Waals surface area contributed by atoms with Gasteiger partial charge in [0.25, 0.3) is 5.69 Å². The molecule has 14 rings (SSSR count). The van der Waals surface area contributed by atoms with Crippen LogP contribution < -0.4 is 54.0 Å². The van der Waals surface area contributed by atoms with Crippen LogP contribution in [0.4, 0.5) is 28.9 Å². The standard InChI is InChI=1S/C49H66N10O10S2.C20H29FO3.C20H30O2.C11H11F3N2O3/c1-28(61)39(25-60)56-48(68)41-27-71-70-26-40(57-43(63)34(51)21-30-13-5-3-6-14-30)47(67)54-37(22-31-15-7-4-8-16-31)45(65)55-38(23-32-24-52-35-18-10-9-17-33(32)35)46(66)53-36(19-11-12-20-50)44(64)59-42(29(2)62)49(69)58-41;1-17-8-6-13(22)10-12(17)4-5-15-14-7-9-19(3,24)18(14,2)11-16(23)20(15,17)21;1-18-9-6-14(21)12-13(18)4-5-15-16(18)7-10-19(2)17(15)8-11-20(19,3)22;1-6(2)10(17)15-7-3-4-9(16(18)19)8(5-7)11(12,13)14/h3-10,13-18,24,28-29,34,36-42,52,60-62H,11-12,19-23,25-27,50-51H2,1-2H3,(H,53,66)(H,54,67)(H,55,65)(H,56,68)(H,57,63)(H,58,69)(H,59,64);10,14-16,23-24H,4-9,11H2,1-3H3;12,15-17,22H,4-11H2,1-3H3;3-6H,1-2H3,(H,15,17)/t28-,29?,34-,36+,37+,38-,39-,40+,41+,42+;14-,15-,16-,17-,18-,19-,20-;15-,16+,17+,18+,19+,20+;/m101./s1. The van der Waals surface area contributed by atoms with Crippen LogP contribution >= 0.6 is 21.6 Å². The van der Waals surface area contributed by atoms with Crippen molar-refractivity contribution in [2.24, 2.45) is 68.6 Å². The predicted molar refractivity (Wildman–Crippen MR) is 510 cm³/mol. The van der Waals surface area contributed by atoms with Crippen LogP contribution in [-0.4, -0.2) is 208 Å². The Morgan fingerprint density at radius 3 is 1.85 bits per heavy atom. The molecule has 8 amide bonds. The molecule has 4 aromatic carbocycles. The number of aliphatic hydroxyl groups is 6. The molecule has 23 atom stereocenters. The summed E-state index contributed by atoms with van der Waals surface area (Å²) in [5.41, 5.74) is 10.9. The number of hydrogen-bond donors (Lipinski definition) is 17. The van der Waals surface area contributed by atoms with Crippen LogP contribution in [0, 0.1) is 67.3 Å². The number of aliphatic hydroxyl groups excluding tert-OH is 4. The molecule has 744 valence electrons. The van der Waals surface area contributed by atoms with Gasteiger partial charge in [-0.25, -0.2) is 4.39 Å². The summed E-state index contributed by atoms with van der Waals surface area (Å²) in [6, 6.07) is 16.9. The molecule has 8 aliphatic carbocycles. The van der Waals surface area contributed by atoms with Gasteiger partial charge in [-0.15, -0.1) is 0 Å². The minimum atomic E-state index is -4.86. The minimum absolute atomic E-state index is 0.0340. The average Bonchev–Trinajstić information content (AvgIpc) is 1.36. The summed E-state index contributed by atoms with van der Waals surface area (Å²) in [4.78, 5) is 147. The van der Waals surface area contributed by atoms with Crippen molar-refractivity contribution in [3.8, 4) is 0 Å². The first-order valence-electron chi connectivity index (χ1n) is 47.4. The average molecular weight is 1930 g/mol. The number of aromatic amines is 1. The fraction of sp³-hybridized carbons (Fsp3) is 0.600. The molecule has 6 saturated carbocycles. The number of fused-ring (bicyclic) bond motifs is 11. The molecule has 1 unspecified atom stereocenters. The number of carbonyl (C=O) groups excluding carboxylic acids is 10. The highest BCUT2D eigenvalue weighted by Crippen LogP contribution is 2.71. The normalized spacial score (nSPS) is 32.4. The molecular formula is C100H136F4N12O18S2. The summed E-state index contributed by atoms with van der Waals surface area (Å²) < 4.78 is 54.6. The number of para-hydroxylation sites is 1. The van der Waals surface area contributed by atoms with Crippen LogP contribution in [-0.2, 0) is 73.4 Å². The Morgan fingerprint density at radius 1 is 0.632 bits per heavy atom. The molecule has 30 nitrogen and oxygen atoms in total. The van der Waals surface area contributed by atoms with Crippen molar-refractivity contribution < 1.29 is 101 Å². The summed E-state index contributed by atoms with van der Waals surface area (Å²) in [5.74, 6) is -4.45. The van der Waals surface area contributed by atoms with Gasteiger partial charge >= 0.3 is 6.18 Å². The minimum Gasteiger partial charge on any atom is -0.394 e. The number of amides is 8. The lowest BCUT2D eigenvalue weighted by Gasteiger charge is -2.63. The lowest BCUT2D eigenvalue weighted by atomic mass is 9.44. The highest BCUT2D eigenvalue weighted by atomic mass is 33.1. The van der Waals surface area contributed by atoms with Gasteiger partial charge in [-0.3, -0.25) is 58.1 Å². The van der Waals surface area contributed by atoms with E-state index in [9.17, 15) is 102 Å². The summed E-state index contributed by atoms with van der Waals surface area (Å²) >= 11 is 0. The number of rotatable bonds is 20. The molecule has 36 heteroatoms. The highest BCUT2D eigenvalue weighted by molar-refractivity contribution is 8.76. The quantitative estimate of drug-likeness (QED) is 0.0113. The smallest absolute Gasteiger partial charge is 0.394 e. The van der Waals surface area contributed by atoms with Crippen LogP contribution in [0.1, 0.15) is 207 Å². The van der Waals surface area contributed by atoms with Gasteiger partial charge in [0.05, 0.1) is 53.1 Å². The second kappa shape index (κ2) is 44.7. The molecule has 1 aliphatic heterocycles. The van der Waals surface area contributed by atoms with Crippen molar-refractivity contribution in [3.63, 3.8) is 0 Å². The number of nitro groups is 1. The van der Waals surface area contributed by atoms with Crippen molar-refractivity contribution in [2.75, 3.05) is 30.0 Å². The van der Waals surface area contributed by atoms with E-state index in [1.54, 1.807) is 80.7 Å². The van der Waals surface area contributed by atoms with E-state index in [1.165, 1.54) is 38.7 Å². The Kier molecular flexibility index (Phi) is 35.2. The number of halogens is 4. The zero-order valence-electron chi connectivity index (χ0n) is 79.1. The SMILES string of the molecule is CC(C)C(=O)Nc1ccc([N+](=O)[O-])c(C(F)(F)F)c1.CC(O)[C@@H]1NC(=O)[C@H](CCCCN)NC(=O)[C@@H](Cc2c[nH]c3ccccc23)NC(=O)[C@H](Cc2ccccc2)NC(=O)[C@@H](NC(=O)[C@H](N)Cc2ccccc2)CSSC[C@@H](C(=O)N[C@H](CO)[C@@H](C)O)NC1=O.C[C@]1(O)CC[C@H]2[C@@H]3CCC4=CC(=O)CC[C@]4(C)[C@@]3(F)[C@@H](O)C[C@@]21C.C[C@]12CCC(=O)C=C1CC[C@@H]1[C@@H]2CC[C@@]2(C)[C@H]1CC[C@]2(C)O. The van der Waals surface area contributed by atoms with Gasteiger partial charge in [-0.05, 0) is 225 Å². The predicted octanol–water partition coefficient (Wildman–Crippen LogP) is 10.0. The van der Waals surface area contributed by atoms with Crippen molar-refractivity contribution in [3.05, 3.63) is 165 Å². The molecule has 136 heavy (non-hydrogen) atoms. The number of ketones is 2. The van der Waals surface area contributed by atoms with Gasteiger partial charge in [0.2, 0.25) is 47.3 Å². The Balaban J connectivity index is 0.000000216. The number of aromatic nitrogens is 1. The lowest BCUT2D eigenvalue weighted by molar-refractivity contribution is -0.388. The maximum absolute atomic E-state index is 16.6. The molecule has 2 heterocycles. The first-order valence-corrected chi connectivity index (χ1v) is 49.9. The Morgan fingerprint density at radius 2 is 1.21 bits per heavy atom. The summed E-state index contributed by atoms with van der Waals surface area (Å²) in [5, 5.41) is 96.1. The number of alkyl halides is 4. The first kappa shape index (κ1) is 107. The molecule has 0 radical (unpaired) electrons. The van der Waals surface area contributed by atoms with Crippen LogP contribution in [0.3, 0.4) is 0 Å². The first-order chi connectivity index (χ1) is 64.0. The summed E-state index contributed by atoms with van der Waals surface area (Å²) in [7, 11) is 2.06. The van der Waals surface area contributed by atoms with Crippen molar-refractivity contribution in [2.45, 2.75) is 294 Å². The van der Waals surface area contributed by atoms with Crippen molar-refractivity contribution >= 4 is 103 Å². The maximum atomic E-state index is 16.6. The van der Waals surface area contributed by atoms with Gasteiger partial charge in [-0.1, -0.05) is 153 Å². The van der Waals surface area contributed by atoms with Gasteiger partial charge in [-0.2, -0.15) is 13.2 Å². The van der Waals surface area contributed by atoms with E-state index in [2.05, 4.69) is 68.3 Å². The molecule has 7 fully saturated rings. The number of allylic oxidation sites excluding steroid dienone is 2. The number of hydrogen-bond acceptors (Lipinski definition) is 22. The van der Waals surface area contributed by atoms with E-state index in [1.807, 2.05) is 57.2 Å². The van der Waals surface area contributed by atoms with E-state index in [0.717, 1.165) is 113 Å². The number of nitrogens with two attached hydrogens (primary N) is 2. The highest BCUT2D eigenvalue weighted by Gasteiger charge is 2.73. The van der Waals surface area contributed by atoms with Gasteiger partial charge < -0.3 is 89.6 Å². The van der Waals surface area contributed by atoms with E-state index in [0.29, 0.717) is 73.8 Å². The second-order valence-electron chi connectivity index (χ2n) is 40.3. The van der Waals surface area contributed by atoms with E-state index in [4.69, 9.17) is 11.5 Å². The third kappa shape index (κ3) is 24.0. The number of nitro benzene ring substituents is 1. The van der Waals surface area contributed by atoms with E-state index < -0.39 is 176 Å². The Hall–Kier alpha value is -9.50. The molecule has 5 aromatic rings. The fourth-order valence-corrected chi connectivity index (χ4v) is 24.9. The van der Waals surface area contributed by atoms with Crippen LogP contribution in [0.2, 0.25) is 0 Å². The van der Waals surface area contributed by atoms with Crippen LogP contribution in [0.15, 0.2) is 133 Å². The number of anilines is 1. The molecule has 19 N–H and O–H groups in total. The number of unbranched alkanes of at least 4 members (excludes halogenated alkanes) is 1. The zero-order valence-corrected chi connectivity index (χ0v) is 80.7. The largest absolute Gasteiger partial charge is 0.423 e. The maximum Gasteiger partial charge on any atom is 0.423 e. The van der Waals surface area contributed by atoms with Crippen LogP contribution in [0.25, 0.3) is 10.9 Å². The third-order valence-corrected chi connectivity index (χ3v) is 33.7. The number of nitrogens with one attached hydrogen (secondary N) is 9.